The Labute approximate surface area is 249 Å². The molecule has 1 N–H and O–H groups in total. The third-order valence-electron chi connectivity index (χ3n) is 6.16. The molecule has 0 aliphatic carbocycles. The van der Waals surface area contributed by atoms with Crippen LogP contribution in [0.4, 0.5) is 5.69 Å². The van der Waals surface area contributed by atoms with Crippen LogP contribution in [-0.4, -0.2) is 51.4 Å². The Kier molecular flexibility index (Phi) is 11.0. The molecule has 8 nitrogen and oxygen atoms in total. The van der Waals surface area contributed by atoms with Crippen molar-refractivity contribution in [1.82, 2.24) is 10.2 Å². The molecule has 3 aromatic rings. The van der Waals surface area contributed by atoms with E-state index in [9.17, 15) is 18.0 Å². The van der Waals surface area contributed by atoms with Gasteiger partial charge in [0.05, 0.1) is 17.7 Å². The van der Waals surface area contributed by atoms with Crippen molar-refractivity contribution in [2.24, 2.45) is 5.92 Å². The van der Waals surface area contributed by atoms with Gasteiger partial charge in [0.25, 0.3) is 10.0 Å². The average molecular weight is 651 g/mol. The highest BCUT2D eigenvalue weighted by Gasteiger charge is 2.32. The summed E-state index contributed by atoms with van der Waals surface area (Å²) in [6, 6.07) is 18.6. The van der Waals surface area contributed by atoms with Crippen molar-refractivity contribution in [2.75, 3.05) is 24.5 Å². The number of benzene rings is 3. The number of methoxy groups -OCH3 is 1. The minimum Gasteiger partial charge on any atom is -0.497 e. The Bertz CT molecular complexity index is 1400. The third-order valence-corrected chi connectivity index (χ3v) is 8.73. The molecule has 40 heavy (non-hydrogen) atoms. The van der Waals surface area contributed by atoms with E-state index in [1.54, 1.807) is 19.1 Å². The molecule has 0 heterocycles. The maximum absolute atomic E-state index is 13.9. The van der Waals surface area contributed by atoms with Gasteiger partial charge in [0.15, 0.2) is 0 Å². The smallest absolute Gasteiger partial charge is 0.264 e. The molecule has 3 rings (SSSR count). The molecule has 3 aromatic carbocycles. The van der Waals surface area contributed by atoms with Gasteiger partial charge in [0, 0.05) is 22.6 Å². The monoisotopic (exact) mass is 649 g/mol. The number of amides is 2. The van der Waals surface area contributed by atoms with Gasteiger partial charge < -0.3 is 15.0 Å². The molecule has 11 heteroatoms. The van der Waals surface area contributed by atoms with Crippen molar-refractivity contribution in [3.8, 4) is 5.75 Å². The second-order valence-electron chi connectivity index (χ2n) is 9.63. The lowest BCUT2D eigenvalue weighted by Gasteiger charge is -2.32. The molecule has 0 spiro atoms. The van der Waals surface area contributed by atoms with E-state index in [4.69, 9.17) is 16.3 Å². The van der Waals surface area contributed by atoms with Gasteiger partial charge in [-0.2, -0.15) is 0 Å². The van der Waals surface area contributed by atoms with E-state index in [-0.39, 0.29) is 29.0 Å². The molecule has 0 fully saturated rings. The van der Waals surface area contributed by atoms with Crippen LogP contribution < -0.4 is 14.4 Å². The van der Waals surface area contributed by atoms with E-state index in [1.165, 1.54) is 48.4 Å². The summed E-state index contributed by atoms with van der Waals surface area (Å²) >= 11 is 9.47. The molecule has 0 radical (unpaired) electrons. The Balaban J connectivity index is 2.00. The van der Waals surface area contributed by atoms with E-state index in [0.717, 1.165) is 14.3 Å². The Morgan fingerprint density at radius 3 is 2.10 bits per heavy atom. The number of carbonyl (C=O) groups excluding carboxylic acids is 2. The number of halogens is 2. The number of anilines is 1. The number of rotatable bonds is 12. The van der Waals surface area contributed by atoms with Crippen molar-refractivity contribution < 1.29 is 22.7 Å². The zero-order chi connectivity index (χ0) is 29.4. The number of hydrogen-bond acceptors (Lipinski definition) is 5. The normalized spacial score (nSPS) is 12.1. The zero-order valence-corrected chi connectivity index (χ0v) is 26.0. The summed E-state index contributed by atoms with van der Waals surface area (Å²) in [7, 11) is -2.70. The lowest BCUT2D eigenvalue weighted by molar-refractivity contribution is -0.139. The van der Waals surface area contributed by atoms with Gasteiger partial charge in [-0.15, -0.1) is 0 Å². The first-order valence-corrected chi connectivity index (χ1v) is 15.3. The maximum Gasteiger partial charge on any atom is 0.264 e. The first-order chi connectivity index (χ1) is 18.9. The predicted octanol–water partition coefficient (Wildman–Crippen LogP) is 5.50. The number of sulfonamides is 1. The predicted molar refractivity (Wildman–Crippen MR) is 161 cm³/mol. The summed E-state index contributed by atoms with van der Waals surface area (Å²) < 4.78 is 34.8. The standard InChI is InChI=1S/C29H33BrClN3O5S/c1-20(2)17-32-29(36)21(3)33(18-22-5-7-23(30)8-6-22)28(35)19-34(25-11-9-24(31)10-12-25)40(37,38)27-15-13-26(39-4)14-16-27/h5-16,20-21H,17-19H2,1-4H3,(H,32,36)/t21-/m1/s1. The number of carbonyl (C=O) groups is 2. The Hall–Kier alpha value is -3.08. The summed E-state index contributed by atoms with van der Waals surface area (Å²) in [5, 5.41) is 3.29. The molecule has 0 bridgehead atoms. The van der Waals surface area contributed by atoms with Crippen LogP contribution in [0.3, 0.4) is 0 Å². The maximum atomic E-state index is 13.9. The zero-order valence-electron chi connectivity index (χ0n) is 22.8. The molecule has 2 amide bonds. The summed E-state index contributed by atoms with van der Waals surface area (Å²) in [6.07, 6.45) is 0. The van der Waals surface area contributed by atoms with Crippen molar-refractivity contribution in [3.63, 3.8) is 0 Å². The van der Waals surface area contributed by atoms with Gasteiger partial charge in [-0.1, -0.05) is 53.5 Å². The summed E-state index contributed by atoms with van der Waals surface area (Å²) in [6.45, 7) is 5.62. The average Bonchev–Trinajstić information content (AvgIpc) is 2.94. The SMILES string of the molecule is COc1ccc(S(=O)(=O)N(CC(=O)N(Cc2ccc(Br)cc2)[C@H](C)C(=O)NCC(C)C)c2ccc(Cl)cc2)cc1. The molecule has 1 atom stereocenters. The highest BCUT2D eigenvalue weighted by Crippen LogP contribution is 2.27. The Morgan fingerprint density at radius 1 is 0.950 bits per heavy atom. The van der Waals surface area contributed by atoms with Crippen LogP contribution in [0.1, 0.15) is 26.3 Å². The van der Waals surface area contributed by atoms with Gasteiger partial charge in [-0.25, -0.2) is 8.42 Å². The molecule has 0 aliphatic rings. The van der Waals surface area contributed by atoms with Gasteiger partial charge in [-0.3, -0.25) is 13.9 Å². The fraction of sp³-hybridized carbons (Fsp3) is 0.310. The van der Waals surface area contributed by atoms with Gasteiger partial charge in [-0.05, 0) is 79.1 Å². The topological polar surface area (TPSA) is 96.0 Å². The minimum absolute atomic E-state index is 0.0155. The van der Waals surface area contributed by atoms with Crippen LogP contribution in [0.25, 0.3) is 0 Å². The first-order valence-electron chi connectivity index (χ1n) is 12.7. The third kappa shape index (κ3) is 8.22. The van der Waals surface area contributed by atoms with Crippen LogP contribution in [0, 0.1) is 5.92 Å². The van der Waals surface area contributed by atoms with E-state index in [2.05, 4.69) is 21.2 Å². The van der Waals surface area contributed by atoms with Crippen LogP contribution in [0.15, 0.2) is 82.2 Å². The van der Waals surface area contributed by atoms with Crippen LogP contribution in [0.2, 0.25) is 5.02 Å². The lowest BCUT2D eigenvalue weighted by atomic mass is 10.1. The molecule has 0 aliphatic heterocycles. The van der Waals surface area contributed by atoms with E-state index >= 15 is 0 Å². The second-order valence-corrected chi connectivity index (χ2v) is 12.8. The number of nitrogens with zero attached hydrogens (tertiary/aromatic N) is 2. The molecular formula is C29H33BrClN3O5S. The highest BCUT2D eigenvalue weighted by atomic mass is 79.9. The molecular weight excluding hydrogens is 618 g/mol. The van der Waals surface area contributed by atoms with Crippen LogP contribution >= 0.6 is 27.5 Å². The largest absolute Gasteiger partial charge is 0.497 e. The van der Waals surface area contributed by atoms with Gasteiger partial charge in [0.2, 0.25) is 11.8 Å². The highest BCUT2D eigenvalue weighted by molar-refractivity contribution is 9.10. The summed E-state index contributed by atoms with van der Waals surface area (Å²) in [5.41, 5.74) is 1.05. The fourth-order valence-electron chi connectivity index (χ4n) is 3.83. The first kappa shape index (κ1) is 31.4. The van der Waals surface area contributed by atoms with Crippen LogP contribution in [-0.2, 0) is 26.2 Å². The number of nitrogens with one attached hydrogen (secondary N) is 1. The second kappa shape index (κ2) is 14.0. The number of ether oxygens (including phenoxy) is 1. The molecule has 0 saturated carbocycles. The van der Waals surface area contributed by atoms with Crippen LogP contribution in [0.5, 0.6) is 5.75 Å². The summed E-state index contributed by atoms with van der Waals surface area (Å²) in [5.74, 6) is -0.144. The van der Waals surface area contributed by atoms with Gasteiger partial charge in [0.1, 0.15) is 18.3 Å². The minimum atomic E-state index is -4.19. The molecule has 0 unspecified atom stereocenters. The van der Waals surface area contributed by atoms with Crippen molar-refractivity contribution in [3.05, 3.63) is 87.9 Å². The molecule has 0 aromatic heterocycles. The fourth-order valence-corrected chi connectivity index (χ4v) is 5.64. The Morgan fingerprint density at radius 2 is 1.55 bits per heavy atom. The van der Waals surface area contributed by atoms with Gasteiger partial charge >= 0.3 is 0 Å². The van der Waals surface area contributed by atoms with Crippen molar-refractivity contribution in [1.29, 1.82) is 0 Å². The molecule has 0 saturated heterocycles. The number of hydrogen-bond donors (Lipinski definition) is 1. The quantitative estimate of drug-likeness (QED) is 0.280. The van der Waals surface area contributed by atoms with Crippen molar-refractivity contribution in [2.45, 2.75) is 38.3 Å². The lowest BCUT2D eigenvalue weighted by Crippen LogP contribution is -2.51. The molecule has 214 valence electrons. The summed E-state index contributed by atoms with van der Waals surface area (Å²) in [4.78, 5) is 28.3. The van der Waals surface area contributed by atoms with E-state index in [1.807, 2.05) is 38.1 Å². The van der Waals surface area contributed by atoms with Crippen molar-refractivity contribution >= 4 is 55.1 Å². The van der Waals surface area contributed by atoms with E-state index < -0.39 is 28.5 Å². The van der Waals surface area contributed by atoms with E-state index in [0.29, 0.717) is 17.3 Å².